The van der Waals surface area contributed by atoms with Crippen LogP contribution in [0, 0.1) is 5.92 Å². The summed E-state index contributed by atoms with van der Waals surface area (Å²) in [7, 11) is 2.01. The Morgan fingerprint density at radius 1 is 0.974 bits per heavy atom. The zero-order valence-corrected chi connectivity index (χ0v) is 21.9. The molecule has 0 aliphatic heterocycles. The van der Waals surface area contributed by atoms with Crippen LogP contribution in [0.1, 0.15) is 56.9 Å². The van der Waals surface area contributed by atoms with Gasteiger partial charge in [-0.05, 0) is 75.1 Å². The number of nitrogens with one attached hydrogen (secondary N) is 3. The first kappa shape index (κ1) is 25.9. The molecule has 1 aromatic heterocycles. The molecule has 4 N–H and O–H groups in total. The first-order chi connectivity index (χ1) is 18.5. The van der Waals surface area contributed by atoms with E-state index in [9.17, 15) is 14.7 Å². The number of carbonyl (C=O) groups excluding carboxylic acids is 1. The molecule has 5 rings (SSSR count). The number of amides is 2. The van der Waals surface area contributed by atoms with Crippen LogP contribution in [0.3, 0.4) is 0 Å². The van der Waals surface area contributed by atoms with E-state index in [0.29, 0.717) is 24.1 Å². The molecule has 2 aliphatic carbocycles. The Kier molecular flexibility index (Phi) is 7.74. The molecule has 7 nitrogen and oxygen atoms in total. The van der Waals surface area contributed by atoms with E-state index >= 15 is 0 Å². The number of aromatic nitrogens is 1. The van der Waals surface area contributed by atoms with Crippen molar-refractivity contribution >= 4 is 17.7 Å². The average Bonchev–Trinajstić information content (AvgIpc) is 2.92. The van der Waals surface area contributed by atoms with Gasteiger partial charge < -0.3 is 21.1 Å². The van der Waals surface area contributed by atoms with Crippen LogP contribution in [0.2, 0.25) is 0 Å². The molecule has 0 atom stereocenters. The minimum Gasteiger partial charge on any atom is -0.465 e. The molecule has 7 heteroatoms. The van der Waals surface area contributed by atoms with Gasteiger partial charge >= 0.3 is 6.09 Å². The van der Waals surface area contributed by atoms with Gasteiger partial charge in [-0.25, -0.2) is 4.79 Å². The number of hydrogen-bond acceptors (Lipinski definition) is 4. The molecule has 0 spiro atoms. The van der Waals surface area contributed by atoms with Crippen LogP contribution in [0.4, 0.5) is 10.5 Å². The van der Waals surface area contributed by atoms with Gasteiger partial charge in [-0.15, -0.1) is 0 Å². The Morgan fingerprint density at radius 2 is 1.68 bits per heavy atom. The summed E-state index contributed by atoms with van der Waals surface area (Å²) >= 11 is 0. The molecule has 0 radical (unpaired) electrons. The molecule has 38 heavy (non-hydrogen) atoms. The van der Waals surface area contributed by atoms with E-state index in [1.807, 2.05) is 67.7 Å². The summed E-state index contributed by atoms with van der Waals surface area (Å²) in [5, 5.41) is 18.5. The number of anilines is 1. The molecule has 1 heterocycles. The summed E-state index contributed by atoms with van der Waals surface area (Å²) in [6.07, 6.45) is 8.27. The fraction of sp³-hybridized carbons (Fsp3) is 0.387. The van der Waals surface area contributed by atoms with Crippen LogP contribution in [0.25, 0.3) is 22.4 Å². The van der Waals surface area contributed by atoms with Crippen molar-refractivity contribution in [1.82, 2.24) is 15.6 Å². The molecule has 2 fully saturated rings. The van der Waals surface area contributed by atoms with E-state index in [-0.39, 0.29) is 5.91 Å². The fourth-order valence-electron chi connectivity index (χ4n) is 5.90. The minimum absolute atomic E-state index is 0.0348. The van der Waals surface area contributed by atoms with Gasteiger partial charge in [0.2, 0.25) is 5.91 Å². The normalized spacial score (nSPS) is 20.2. The topological polar surface area (TPSA) is 103 Å². The van der Waals surface area contributed by atoms with Gasteiger partial charge in [-0.2, -0.15) is 0 Å². The molecule has 198 valence electrons. The third-order valence-electron chi connectivity index (χ3n) is 8.25. The standard InChI is InChI=1S/C31H36N4O3/c1-32-25-14-8-21(9-15-25)18-28(36)34-26-19-27(22-6-3-2-4-7-22)29(33-20-26)23-10-12-24(13-11-23)31(16-5-17-31)35-30(37)38/h2-4,6-7,10-13,19-21,25,32,35H,5,8-9,14-18H2,1H3,(H,34,36)(H,37,38). The summed E-state index contributed by atoms with van der Waals surface area (Å²) in [5.41, 5.74) is 4.88. The SMILES string of the molecule is CNC1CCC(CC(=O)Nc2cnc(-c3ccc(C4(NC(=O)O)CCC4)cc3)c(-c3ccccc3)c2)CC1. The van der Waals surface area contributed by atoms with Crippen LogP contribution in [-0.4, -0.2) is 35.2 Å². The second kappa shape index (κ2) is 11.4. The lowest BCUT2D eigenvalue weighted by atomic mass is 9.71. The lowest BCUT2D eigenvalue weighted by Crippen LogP contribution is -2.50. The largest absolute Gasteiger partial charge is 0.465 e. The summed E-state index contributed by atoms with van der Waals surface area (Å²) in [6, 6.07) is 20.6. The van der Waals surface area contributed by atoms with E-state index in [2.05, 4.69) is 16.0 Å². The predicted octanol–water partition coefficient (Wildman–Crippen LogP) is 6.17. The first-order valence-electron chi connectivity index (χ1n) is 13.6. The number of benzene rings is 2. The summed E-state index contributed by atoms with van der Waals surface area (Å²) in [6.45, 7) is 0. The van der Waals surface area contributed by atoms with Gasteiger partial charge in [-0.1, -0.05) is 54.6 Å². The highest BCUT2D eigenvalue weighted by molar-refractivity contribution is 5.93. The molecule has 3 aromatic rings. The Bertz CT molecular complexity index is 1260. The highest BCUT2D eigenvalue weighted by Gasteiger charge is 2.40. The molecular formula is C31H36N4O3. The molecular weight excluding hydrogens is 476 g/mol. The van der Waals surface area contributed by atoms with Gasteiger partial charge in [0.05, 0.1) is 23.1 Å². The van der Waals surface area contributed by atoms with Gasteiger partial charge in [0, 0.05) is 23.6 Å². The number of hydrogen-bond donors (Lipinski definition) is 4. The van der Waals surface area contributed by atoms with Gasteiger partial charge in [-0.3, -0.25) is 9.78 Å². The number of carboxylic acid groups (broad SMARTS) is 1. The second-order valence-corrected chi connectivity index (χ2v) is 10.7. The fourth-order valence-corrected chi connectivity index (χ4v) is 5.90. The van der Waals surface area contributed by atoms with Crippen molar-refractivity contribution in [1.29, 1.82) is 0 Å². The number of nitrogens with zero attached hydrogens (tertiary/aromatic N) is 1. The van der Waals surface area contributed by atoms with Crippen LogP contribution in [-0.2, 0) is 10.3 Å². The lowest BCUT2D eigenvalue weighted by Gasteiger charge is -2.42. The third kappa shape index (κ3) is 5.73. The maximum absolute atomic E-state index is 12.9. The number of rotatable bonds is 8. The van der Waals surface area contributed by atoms with E-state index in [1.165, 1.54) is 0 Å². The molecule has 0 unspecified atom stereocenters. The second-order valence-electron chi connectivity index (χ2n) is 10.7. The van der Waals surface area contributed by atoms with Crippen LogP contribution in [0.5, 0.6) is 0 Å². The molecule has 2 aromatic carbocycles. The number of carbonyl (C=O) groups is 2. The van der Waals surface area contributed by atoms with Crippen LogP contribution < -0.4 is 16.0 Å². The quantitative estimate of drug-likeness (QED) is 0.289. The smallest absolute Gasteiger partial charge is 0.405 e. The van der Waals surface area contributed by atoms with Crippen molar-refractivity contribution < 1.29 is 14.7 Å². The highest BCUT2D eigenvalue weighted by Crippen LogP contribution is 2.42. The third-order valence-corrected chi connectivity index (χ3v) is 8.25. The first-order valence-corrected chi connectivity index (χ1v) is 13.6. The Hall–Kier alpha value is -3.71. The van der Waals surface area contributed by atoms with Crippen LogP contribution in [0.15, 0.2) is 66.9 Å². The van der Waals surface area contributed by atoms with E-state index in [1.54, 1.807) is 6.20 Å². The molecule has 0 bridgehead atoms. The van der Waals surface area contributed by atoms with E-state index in [0.717, 1.165) is 72.9 Å². The zero-order chi connectivity index (χ0) is 26.5. The predicted molar refractivity (Wildman–Crippen MR) is 150 cm³/mol. The summed E-state index contributed by atoms with van der Waals surface area (Å²) in [5.74, 6) is 0.459. The highest BCUT2D eigenvalue weighted by atomic mass is 16.4. The molecule has 2 aliphatic rings. The summed E-state index contributed by atoms with van der Waals surface area (Å²) in [4.78, 5) is 29.0. The van der Waals surface area contributed by atoms with Gasteiger partial charge in [0.15, 0.2) is 0 Å². The maximum Gasteiger partial charge on any atom is 0.405 e. The monoisotopic (exact) mass is 512 g/mol. The molecule has 2 amide bonds. The van der Waals surface area contributed by atoms with E-state index in [4.69, 9.17) is 4.98 Å². The Balaban J connectivity index is 1.36. The van der Waals surface area contributed by atoms with Crippen molar-refractivity contribution in [2.24, 2.45) is 5.92 Å². The van der Waals surface area contributed by atoms with E-state index < -0.39 is 11.6 Å². The van der Waals surface area contributed by atoms with Crippen molar-refractivity contribution in [2.45, 2.75) is 62.9 Å². The van der Waals surface area contributed by atoms with Crippen LogP contribution >= 0.6 is 0 Å². The average molecular weight is 513 g/mol. The van der Waals surface area contributed by atoms with Crippen molar-refractivity contribution in [3.05, 3.63) is 72.4 Å². The van der Waals surface area contributed by atoms with Gasteiger partial charge in [0.1, 0.15) is 0 Å². The van der Waals surface area contributed by atoms with Crippen molar-refractivity contribution in [2.75, 3.05) is 12.4 Å². The maximum atomic E-state index is 12.9. The van der Waals surface area contributed by atoms with Crippen molar-refractivity contribution in [3.8, 4) is 22.4 Å². The molecule has 0 saturated heterocycles. The number of pyridine rings is 1. The molecule has 2 saturated carbocycles. The Morgan fingerprint density at radius 3 is 2.29 bits per heavy atom. The van der Waals surface area contributed by atoms with Crippen molar-refractivity contribution in [3.63, 3.8) is 0 Å². The van der Waals surface area contributed by atoms with Gasteiger partial charge in [0.25, 0.3) is 0 Å². The zero-order valence-electron chi connectivity index (χ0n) is 21.9. The minimum atomic E-state index is -0.995. The summed E-state index contributed by atoms with van der Waals surface area (Å²) < 4.78 is 0. The lowest BCUT2D eigenvalue weighted by molar-refractivity contribution is -0.117. The Labute approximate surface area is 224 Å².